The molecule has 30 heavy (non-hydrogen) atoms. The third-order valence-corrected chi connectivity index (χ3v) is 5.50. The van der Waals surface area contributed by atoms with Gasteiger partial charge in [0, 0.05) is 36.7 Å². The first-order chi connectivity index (χ1) is 14.6. The lowest BCUT2D eigenvalue weighted by Crippen LogP contribution is -2.40. The van der Waals surface area contributed by atoms with E-state index in [9.17, 15) is 9.59 Å². The molecule has 2 aromatic carbocycles. The zero-order valence-corrected chi connectivity index (χ0v) is 17.0. The van der Waals surface area contributed by atoms with E-state index in [1.54, 1.807) is 37.5 Å². The van der Waals surface area contributed by atoms with Gasteiger partial charge in [-0.3, -0.25) is 9.59 Å². The van der Waals surface area contributed by atoms with Crippen molar-refractivity contribution < 1.29 is 14.3 Å². The number of methoxy groups -OCH3 is 1. The standard InChI is InChI=1S/C25H24N2O3/c1-30-22-14-16-27(17-15-22)25(29)20-8-6-19(7-9-20)24(28)13-12-21-11-10-18-4-2-3-5-23(18)26-21/h2-13,22H,14-17H2,1H3. The number of aromatic nitrogens is 1. The number of allylic oxidation sites excluding steroid dienone is 1. The number of para-hydroxylation sites is 1. The van der Waals surface area contributed by atoms with Gasteiger partial charge in [0.25, 0.3) is 5.91 Å². The Morgan fingerprint density at radius 3 is 2.40 bits per heavy atom. The number of nitrogens with zero attached hydrogens (tertiary/aromatic N) is 2. The second-order valence-corrected chi connectivity index (χ2v) is 7.43. The van der Waals surface area contributed by atoms with Crippen LogP contribution in [0.4, 0.5) is 0 Å². The van der Waals surface area contributed by atoms with Crippen LogP contribution in [0.25, 0.3) is 17.0 Å². The summed E-state index contributed by atoms with van der Waals surface area (Å²) in [5.74, 6) is -0.121. The first-order valence-corrected chi connectivity index (χ1v) is 10.1. The molecule has 2 heterocycles. The molecule has 0 saturated carbocycles. The number of carbonyl (C=O) groups excluding carboxylic acids is 2. The lowest BCUT2D eigenvalue weighted by molar-refractivity contribution is 0.0350. The van der Waals surface area contributed by atoms with Crippen LogP contribution in [0.5, 0.6) is 0 Å². The fourth-order valence-electron chi connectivity index (χ4n) is 3.69. The van der Waals surface area contributed by atoms with Gasteiger partial charge < -0.3 is 9.64 Å². The molecule has 0 spiro atoms. The summed E-state index contributed by atoms with van der Waals surface area (Å²) in [6, 6.07) is 18.6. The van der Waals surface area contributed by atoms with Gasteiger partial charge in [-0.2, -0.15) is 0 Å². The Morgan fingerprint density at radius 1 is 0.967 bits per heavy atom. The number of rotatable bonds is 5. The van der Waals surface area contributed by atoms with Crippen molar-refractivity contribution >= 4 is 28.7 Å². The van der Waals surface area contributed by atoms with Crippen LogP contribution in [0.1, 0.15) is 39.3 Å². The number of ketones is 1. The molecule has 1 aliphatic heterocycles. The predicted molar refractivity (Wildman–Crippen MR) is 117 cm³/mol. The van der Waals surface area contributed by atoms with Crippen LogP contribution in [0.15, 0.2) is 66.7 Å². The Hall–Kier alpha value is -3.31. The van der Waals surface area contributed by atoms with Crippen molar-refractivity contribution in [1.82, 2.24) is 9.88 Å². The highest BCUT2D eigenvalue weighted by Gasteiger charge is 2.23. The van der Waals surface area contributed by atoms with E-state index < -0.39 is 0 Å². The summed E-state index contributed by atoms with van der Waals surface area (Å²) in [6.45, 7) is 1.39. The molecule has 4 rings (SSSR count). The molecule has 1 fully saturated rings. The van der Waals surface area contributed by atoms with E-state index in [1.807, 2.05) is 41.3 Å². The summed E-state index contributed by atoms with van der Waals surface area (Å²) in [7, 11) is 1.71. The number of hydrogen-bond donors (Lipinski definition) is 0. The van der Waals surface area contributed by atoms with E-state index in [-0.39, 0.29) is 17.8 Å². The number of pyridine rings is 1. The summed E-state index contributed by atoms with van der Waals surface area (Å²) < 4.78 is 5.36. The predicted octanol–water partition coefficient (Wildman–Crippen LogP) is 4.38. The van der Waals surface area contributed by atoms with E-state index in [2.05, 4.69) is 4.98 Å². The van der Waals surface area contributed by atoms with E-state index in [4.69, 9.17) is 4.74 Å². The minimum Gasteiger partial charge on any atom is -0.381 e. The number of likely N-dealkylation sites (tertiary alicyclic amines) is 1. The Kier molecular flexibility index (Phi) is 6.00. The highest BCUT2D eigenvalue weighted by molar-refractivity contribution is 6.07. The van der Waals surface area contributed by atoms with Crippen LogP contribution in [-0.2, 0) is 4.74 Å². The summed E-state index contributed by atoms with van der Waals surface area (Å²) in [4.78, 5) is 31.6. The Bertz CT molecular complexity index is 1080. The lowest BCUT2D eigenvalue weighted by atomic mass is 10.0. The van der Waals surface area contributed by atoms with Crippen molar-refractivity contribution in [2.45, 2.75) is 18.9 Å². The summed E-state index contributed by atoms with van der Waals surface area (Å²) in [5, 5.41) is 1.06. The fraction of sp³-hybridized carbons (Fsp3) is 0.240. The van der Waals surface area contributed by atoms with Crippen LogP contribution in [0, 0.1) is 0 Å². The number of benzene rings is 2. The van der Waals surface area contributed by atoms with Gasteiger partial charge in [-0.15, -0.1) is 0 Å². The zero-order valence-electron chi connectivity index (χ0n) is 17.0. The van der Waals surface area contributed by atoms with Gasteiger partial charge in [-0.25, -0.2) is 4.98 Å². The SMILES string of the molecule is COC1CCN(C(=O)c2ccc(C(=O)C=Cc3ccc4ccccc4n3)cc2)CC1. The van der Waals surface area contributed by atoms with Gasteiger partial charge in [0.15, 0.2) is 5.78 Å². The Labute approximate surface area is 176 Å². The smallest absolute Gasteiger partial charge is 0.253 e. The molecule has 0 unspecified atom stereocenters. The number of carbonyl (C=O) groups is 2. The van der Waals surface area contributed by atoms with Crippen LogP contribution in [0.2, 0.25) is 0 Å². The number of piperidine rings is 1. The second kappa shape index (κ2) is 9.01. The molecular weight excluding hydrogens is 376 g/mol. The van der Waals surface area contributed by atoms with Gasteiger partial charge in [0.1, 0.15) is 0 Å². The monoisotopic (exact) mass is 400 g/mol. The second-order valence-electron chi connectivity index (χ2n) is 7.43. The van der Waals surface area contributed by atoms with Gasteiger partial charge >= 0.3 is 0 Å². The molecule has 1 amide bonds. The van der Waals surface area contributed by atoms with Crippen molar-refractivity contribution in [3.63, 3.8) is 0 Å². The van der Waals surface area contributed by atoms with Gasteiger partial charge in [0.2, 0.25) is 0 Å². The van der Waals surface area contributed by atoms with Gasteiger partial charge in [-0.1, -0.05) is 36.4 Å². The molecule has 0 bridgehead atoms. The van der Waals surface area contributed by atoms with Gasteiger partial charge in [-0.05, 0) is 49.3 Å². The summed E-state index contributed by atoms with van der Waals surface area (Å²) >= 11 is 0. The molecule has 0 radical (unpaired) electrons. The van der Waals surface area contributed by atoms with Crippen molar-refractivity contribution in [3.8, 4) is 0 Å². The first-order valence-electron chi connectivity index (χ1n) is 10.1. The molecule has 1 aromatic heterocycles. The topological polar surface area (TPSA) is 59.5 Å². The molecule has 5 heteroatoms. The summed E-state index contributed by atoms with van der Waals surface area (Å²) in [5.41, 5.74) is 2.77. The van der Waals surface area contributed by atoms with Crippen molar-refractivity contribution in [2.75, 3.05) is 20.2 Å². The minimum atomic E-state index is -0.120. The molecule has 0 N–H and O–H groups in total. The highest BCUT2D eigenvalue weighted by Crippen LogP contribution is 2.17. The average Bonchev–Trinajstić information content (AvgIpc) is 2.82. The molecule has 152 valence electrons. The largest absolute Gasteiger partial charge is 0.381 e. The number of amides is 1. The number of hydrogen-bond acceptors (Lipinski definition) is 4. The number of fused-ring (bicyclic) bond motifs is 1. The third-order valence-electron chi connectivity index (χ3n) is 5.50. The van der Waals surface area contributed by atoms with E-state index in [0.717, 1.165) is 29.4 Å². The molecule has 5 nitrogen and oxygen atoms in total. The first kappa shape index (κ1) is 20.0. The van der Waals surface area contributed by atoms with Crippen molar-refractivity contribution in [3.05, 3.63) is 83.6 Å². The molecule has 0 atom stereocenters. The molecular formula is C25H24N2O3. The van der Waals surface area contributed by atoms with E-state index >= 15 is 0 Å². The normalized spacial score (nSPS) is 15.0. The van der Waals surface area contributed by atoms with E-state index in [1.165, 1.54) is 6.08 Å². The maximum Gasteiger partial charge on any atom is 0.253 e. The third kappa shape index (κ3) is 4.47. The van der Waals surface area contributed by atoms with E-state index in [0.29, 0.717) is 24.2 Å². The fourth-order valence-corrected chi connectivity index (χ4v) is 3.69. The van der Waals surface area contributed by atoms with Crippen LogP contribution < -0.4 is 0 Å². The highest BCUT2D eigenvalue weighted by atomic mass is 16.5. The van der Waals surface area contributed by atoms with Crippen molar-refractivity contribution in [1.29, 1.82) is 0 Å². The Balaban J connectivity index is 1.41. The number of ether oxygens (including phenoxy) is 1. The van der Waals surface area contributed by atoms with Crippen molar-refractivity contribution in [2.24, 2.45) is 0 Å². The Morgan fingerprint density at radius 2 is 1.67 bits per heavy atom. The van der Waals surface area contributed by atoms with Gasteiger partial charge in [0.05, 0.1) is 17.3 Å². The maximum atomic E-state index is 12.7. The zero-order chi connectivity index (χ0) is 20.9. The lowest BCUT2D eigenvalue weighted by Gasteiger charge is -2.31. The molecule has 0 aliphatic carbocycles. The molecule has 1 saturated heterocycles. The molecule has 1 aliphatic rings. The quantitative estimate of drug-likeness (QED) is 0.471. The average molecular weight is 400 g/mol. The van der Waals surface area contributed by atoms with Crippen LogP contribution >= 0.6 is 0 Å². The van der Waals surface area contributed by atoms with Crippen LogP contribution in [-0.4, -0.2) is 47.9 Å². The maximum absolute atomic E-state index is 12.7. The summed E-state index contributed by atoms with van der Waals surface area (Å²) in [6.07, 6.45) is 5.17. The van der Waals surface area contributed by atoms with Crippen LogP contribution in [0.3, 0.4) is 0 Å². The molecule has 3 aromatic rings. The minimum absolute atomic E-state index is 0.000502.